The summed E-state index contributed by atoms with van der Waals surface area (Å²) in [6.45, 7) is 4.28. The van der Waals surface area contributed by atoms with Crippen LogP contribution in [0.5, 0.6) is 0 Å². The molecule has 0 aliphatic heterocycles. The van der Waals surface area contributed by atoms with Gasteiger partial charge in [-0.1, -0.05) is 0 Å². The maximum Gasteiger partial charge on any atom is 0.323 e. The zero-order chi connectivity index (χ0) is 4.99. The molecule has 0 atom stereocenters. The molecule has 0 aliphatic carbocycles. The zero-order valence-corrected chi connectivity index (χ0v) is 3.51. The molecule has 0 saturated heterocycles. The molecule has 0 radical (unpaired) electrons. The van der Waals surface area contributed by atoms with Gasteiger partial charge in [-0.3, -0.25) is 4.79 Å². The molecule has 6 heavy (non-hydrogen) atoms. The van der Waals surface area contributed by atoms with Crippen molar-refractivity contribution in [2.24, 2.45) is 5.11 Å². The SMILES string of the molecule is C=[N+]=NC(C)=O. The van der Waals surface area contributed by atoms with Crippen LogP contribution in [0.1, 0.15) is 6.92 Å². The molecule has 0 spiro atoms. The summed E-state index contributed by atoms with van der Waals surface area (Å²) in [5.74, 6) is -0.315. The molecule has 3 nitrogen and oxygen atoms in total. The average Bonchev–Trinajstić information content (AvgIpc) is 1.35. The number of rotatable bonds is 0. The van der Waals surface area contributed by atoms with E-state index in [2.05, 4.69) is 16.6 Å². The first kappa shape index (κ1) is 5.05. The molecule has 32 valence electrons. The molecule has 0 heterocycles. The molecule has 0 aromatic rings. The first-order valence-corrected chi connectivity index (χ1v) is 1.44. The highest BCUT2D eigenvalue weighted by Crippen LogP contribution is 1.60. The minimum absolute atomic E-state index is 0.315. The van der Waals surface area contributed by atoms with Crippen molar-refractivity contribution in [1.82, 2.24) is 0 Å². The molecule has 3 heteroatoms. The summed E-state index contributed by atoms with van der Waals surface area (Å²) in [7, 11) is 0. The number of nitrogens with zero attached hydrogens (tertiary/aromatic N) is 2. The van der Waals surface area contributed by atoms with Gasteiger partial charge in [-0.2, -0.15) is 0 Å². The number of carbonyl (C=O) groups is 1. The van der Waals surface area contributed by atoms with Crippen molar-refractivity contribution in [3.63, 3.8) is 0 Å². The van der Waals surface area contributed by atoms with E-state index in [0.29, 0.717) is 0 Å². The van der Waals surface area contributed by atoms with Crippen molar-refractivity contribution in [3.8, 4) is 0 Å². The van der Waals surface area contributed by atoms with Gasteiger partial charge in [0.25, 0.3) is 6.72 Å². The van der Waals surface area contributed by atoms with E-state index in [1.165, 1.54) is 6.92 Å². The predicted octanol–water partition coefficient (Wildman–Crippen LogP) is -0.106. The van der Waals surface area contributed by atoms with Gasteiger partial charge in [0.05, 0.1) is 4.79 Å². The number of hydrogen-bond acceptors (Lipinski definition) is 1. The molecule has 0 bridgehead atoms. The van der Waals surface area contributed by atoms with Crippen molar-refractivity contribution in [3.05, 3.63) is 0 Å². The molecule has 0 N–H and O–H groups in total. The fourth-order valence-corrected chi connectivity index (χ4v) is 0.0996. The maximum atomic E-state index is 9.74. The van der Waals surface area contributed by atoms with Crippen LogP contribution < -0.4 is 0 Å². The fourth-order valence-electron chi connectivity index (χ4n) is 0.0996. The smallest absolute Gasteiger partial charge is 0.265 e. The van der Waals surface area contributed by atoms with E-state index >= 15 is 0 Å². The Morgan fingerprint density at radius 2 is 2.50 bits per heavy atom. The summed E-state index contributed by atoms with van der Waals surface area (Å²) in [5, 5.41) is 3.00. The molecule has 0 saturated carbocycles. The second-order valence-corrected chi connectivity index (χ2v) is 0.760. The number of amides is 1. The Bertz CT molecular complexity index is 101. The topological polar surface area (TPSA) is 43.5 Å². The molecule has 1 amide bonds. The molecular formula is C3H5N2O+. The lowest BCUT2D eigenvalue weighted by Crippen LogP contribution is -1.77. The Morgan fingerprint density at radius 3 is 2.50 bits per heavy atom. The van der Waals surface area contributed by atoms with E-state index in [4.69, 9.17) is 0 Å². The monoisotopic (exact) mass is 85.0 g/mol. The molecule has 0 aromatic heterocycles. The van der Waals surface area contributed by atoms with Gasteiger partial charge in [-0.05, 0) is 0 Å². The Morgan fingerprint density at radius 1 is 2.00 bits per heavy atom. The maximum absolute atomic E-state index is 9.74. The second kappa shape index (κ2) is 2.30. The van der Waals surface area contributed by atoms with Gasteiger partial charge in [0, 0.05) is 6.92 Å². The normalized spacial score (nSPS) is 6.17. The summed E-state index contributed by atoms with van der Waals surface area (Å²) in [5.41, 5.74) is 0. The summed E-state index contributed by atoms with van der Waals surface area (Å²) in [6.07, 6.45) is 0. The van der Waals surface area contributed by atoms with Crippen LogP contribution in [0.4, 0.5) is 0 Å². The largest absolute Gasteiger partial charge is 0.323 e. The number of hydrogen-bond donors (Lipinski definition) is 0. The Hall–Kier alpha value is -0.950. The van der Waals surface area contributed by atoms with Gasteiger partial charge in [-0.15, -0.1) is 0 Å². The van der Waals surface area contributed by atoms with Gasteiger partial charge in [0.2, 0.25) is 0 Å². The second-order valence-electron chi connectivity index (χ2n) is 0.760. The van der Waals surface area contributed by atoms with Crippen LogP contribution in [0.2, 0.25) is 0 Å². The molecule has 0 rings (SSSR count). The number of carbonyl (C=O) groups excluding carboxylic acids is 1. The van der Waals surface area contributed by atoms with Crippen LogP contribution in [0.25, 0.3) is 0 Å². The van der Waals surface area contributed by atoms with E-state index in [1.807, 2.05) is 0 Å². The molecule has 0 fully saturated rings. The third kappa shape index (κ3) is 3.05. The zero-order valence-electron chi connectivity index (χ0n) is 3.51. The van der Waals surface area contributed by atoms with Gasteiger partial charge >= 0.3 is 5.91 Å². The lowest BCUT2D eigenvalue weighted by atomic mass is 10.8. The molecule has 0 aliphatic rings. The van der Waals surface area contributed by atoms with Crippen LogP contribution in [0.3, 0.4) is 0 Å². The first-order valence-electron chi connectivity index (χ1n) is 1.44. The van der Waals surface area contributed by atoms with Crippen LogP contribution in [-0.2, 0) is 4.79 Å². The Labute approximate surface area is 35.4 Å². The summed E-state index contributed by atoms with van der Waals surface area (Å²) in [4.78, 5) is 12.7. The summed E-state index contributed by atoms with van der Waals surface area (Å²) >= 11 is 0. The van der Waals surface area contributed by atoms with Crippen molar-refractivity contribution in [1.29, 1.82) is 0 Å². The fraction of sp³-hybridized carbons (Fsp3) is 0.333. The van der Waals surface area contributed by atoms with E-state index < -0.39 is 0 Å². The van der Waals surface area contributed by atoms with Crippen LogP contribution in [0, 0.1) is 0 Å². The van der Waals surface area contributed by atoms with Gasteiger partial charge < -0.3 is 0 Å². The predicted molar refractivity (Wildman–Crippen MR) is 20.5 cm³/mol. The van der Waals surface area contributed by atoms with Crippen LogP contribution in [0.15, 0.2) is 5.11 Å². The van der Waals surface area contributed by atoms with Gasteiger partial charge in [0.1, 0.15) is 0 Å². The van der Waals surface area contributed by atoms with E-state index in [-0.39, 0.29) is 5.91 Å². The van der Waals surface area contributed by atoms with Gasteiger partial charge in [0.15, 0.2) is 5.11 Å². The van der Waals surface area contributed by atoms with Crippen molar-refractivity contribution in [2.45, 2.75) is 6.92 Å². The highest BCUT2D eigenvalue weighted by atomic mass is 16.1. The molecule has 0 aromatic carbocycles. The van der Waals surface area contributed by atoms with Crippen LogP contribution >= 0.6 is 0 Å². The van der Waals surface area contributed by atoms with Crippen LogP contribution in [-0.4, -0.2) is 17.4 Å². The highest BCUT2D eigenvalue weighted by molar-refractivity contribution is 5.72. The average molecular weight is 85.1 g/mol. The lowest BCUT2D eigenvalue weighted by molar-refractivity contribution is -0.137. The summed E-state index contributed by atoms with van der Waals surface area (Å²) < 4.78 is 0. The molecular weight excluding hydrogens is 80.0 g/mol. The van der Waals surface area contributed by atoms with Crippen molar-refractivity contribution in [2.75, 3.05) is 0 Å². The highest BCUT2D eigenvalue weighted by Gasteiger charge is 1.85. The Kier molecular flexibility index (Phi) is 1.93. The Balaban J connectivity index is 3.60. The minimum Gasteiger partial charge on any atom is -0.265 e. The standard InChI is InChI=1S/C3H5N2O/c1-3(6)5-4-2/h2H2,1H3/q+1. The van der Waals surface area contributed by atoms with E-state index in [0.717, 1.165) is 0 Å². The van der Waals surface area contributed by atoms with Gasteiger partial charge in [-0.25, -0.2) is 0 Å². The van der Waals surface area contributed by atoms with Crippen molar-refractivity contribution < 1.29 is 9.58 Å². The summed E-state index contributed by atoms with van der Waals surface area (Å²) in [6, 6.07) is 0. The quantitative estimate of drug-likeness (QED) is 0.230. The molecule has 0 unspecified atom stereocenters. The van der Waals surface area contributed by atoms with E-state index in [1.54, 1.807) is 0 Å². The lowest BCUT2D eigenvalue weighted by Gasteiger charge is -1.51. The third-order valence-electron chi connectivity index (χ3n) is 0.212. The minimum atomic E-state index is -0.315. The van der Waals surface area contributed by atoms with E-state index in [9.17, 15) is 4.79 Å². The first-order chi connectivity index (χ1) is 2.77. The van der Waals surface area contributed by atoms with Crippen molar-refractivity contribution >= 4 is 12.6 Å². The third-order valence-corrected chi connectivity index (χ3v) is 0.212.